The van der Waals surface area contributed by atoms with Crippen LogP contribution in [0.1, 0.15) is 32.4 Å². The highest BCUT2D eigenvalue weighted by Crippen LogP contribution is 2.45. The largest absolute Gasteiger partial charge is 0.319 e. The molecule has 0 amide bonds. The third kappa shape index (κ3) is 2.93. The molecule has 1 heterocycles. The van der Waals surface area contributed by atoms with Crippen molar-refractivity contribution in [3.8, 4) is 6.07 Å². The molecule has 1 aliphatic carbocycles. The molecule has 2 N–H and O–H groups in total. The van der Waals surface area contributed by atoms with Crippen LogP contribution in [-0.2, 0) is 15.4 Å². The number of rotatable bonds is 5. The van der Waals surface area contributed by atoms with Gasteiger partial charge in [-0.2, -0.15) is 5.26 Å². The molecule has 2 atom stereocenters. The first-order valence-electron chi connectivity index (χ1n) is 6.64. The second-order valence-electron chi connectivity index (χ2n) is 6.01. The van der Waals surface area contributed by atoms with E-state index in [4.69, 9.17) is 17.3 Å². The van der Waals surface area contributed by atoms with Gasteiger partial charge in [0.15, 0.2) is 20.4 Å². The van der Waals surface area contributed by atoms with Gasteiger partial charge in [0.1, 0.15) is 5.69 Å². The van der Waals surface area contributed by atoms with Crippen LogP contribution in [0.25, 0.3) is 0 Å². The Hall–Kier alpha value is -1.30. The van der Waals surface area contributed by atoms with Crippen molar-refractivity contribution in [3.63, 3.8) is 0 Å². The summed E-state index contributed by atoms with van der Waals surface area (Å²) in [5.41, 5.74) is 4.08. The zero-order valence-corrected chi connectivity index (χ0v) is 13.7. The van der Waals surface area contributed by atoms with Crippen LogP contribution in [0.3, 0.4) is 0 Å². The Morgan fingerprint density at radius 1 is 1.55 bits per heavy atom. The molecule has 0 aliphatic heterocycles. The average molecular weight is 347 g/mol. The van der Waals surface area contributed by atoms with Gasteiger partial charge < -0.3 is 5.73 Å². The van der Waals surface area contributed by atoms with Gasteiger partial charge in [0.05, 0.1) is 23.6 Å². The Morgan fingerprint density at radius 2 is 2.14 bits per heavy atom. The zero-order chi connectivity index (χ0) is 16.8. The van der Waals surface area contributed by atoms with Crippen molar-refractivity contribution in [1.82, 2.24) is 9.97 Å². The topological polar surface area (TPSA) is 110 Å². The highest BCUT2D eigenvalue weighted by atomic mass is 35.5. The molecule has 1 aromatic rings. The quantitative estimate of drug-likeness (QED) is 0.810. The van der Waals surface area contributed by atoms with Crippen LogP contribution in [-0.4, -0.2) is 28.9 Å². The van der Waals surface area contributed by atoms with E-state index in [-0.39, 0.29) is 16.9 Å². The molecular formula is C13H16ClFN4O2S. The number of aromatic nitrogens is 2. The zero-order valence-electron chi connectivity index (χ0n) is 12.2. The first kappa shape index (κ1) is 17.1. The van der Waals surface area contributed by atoms with Gasteiger partial charge in [-0.1, -0.05) is 0 Å². The normalized spacial score (nSPS) is 20.7. The molecule has 6 nitrogen and oxygen atoms in total. The predicted molar refractivity (Wildman–Crippen MR) is 79.1 cm³/mol. The van der Waals surface area contributed by atoms with Crippen LogP contribution in [0.2, 0.25) is 5.28 Å². The highest BCUT2D eigenvalue weighted by Gasteiger charge is 2.53. The lowest BCUT2D eigenvalue weighted by Gasteiger charge is -2.29. The number of halogens is 2. The average Bonchev–Trinajstić information content (AvgIpc) is 3.23. The first-order valence-corrected chi connectivity index (χ1v) is 8.67. The molecule has 120 valence electrons. The Labute approximate surface area is 133 Å². The Balaban J connectivity index is 2.39. The van der Waals surface area contributed by atoms with Crippen LogP contribution < -0.4 is 5.73 Å². The van der Waals surface area contributed by atoms with Crippen LogP contribution in [0.4, 0.5) is 4.39 Å². The number of nitrogens with two attached hydrogens (primary N) is 1. The standard InChI is InChI=1S/C13H16ClFN4O2S/c1-12(17,10-9(15)5-18-11(14)19-10)7-22(20,21)13(2,6-16)8-3-4-8/h5,8H,3-4,7,17H2,1-2H3/t12-,13?/m0/s1. The third-order valence-electron chi connectivity index (χ3n) is 3.97. The molecule has 0 saturated heterocycles. The van der Waals surface area contributed by atoms with Crippen molar-refractivity contribution in [2.75, 3.05) is 5.75 Å². The summed E-state index contributed by atoms with van der Waals surface area (Å²) in [5.74, 6) is -1.66. The molecule has 1 aliphatic rings. The van der Waals surface area contributed by atoms with Crippen LogP contribution in [0.5, 0.6) is 0 Å². The van der Waals surface area contributed by atoms with Gasteiger partial charge in [0.2, 0.25) is 5.28 Å². The van der Waals surface area contributed by atoms with Gasteiger partial charge in [-0.15, -0.1) is 0 Å². The number of hydrogen-bond donors (Lipinski definition) is 1. The van der Waals surface area contributed by atoms with Crippen LogP contribution in [0.15, 0.2) is 6.20 Å². The molecule has 22 heavy (non-hydrogen) atoms. The van der Waals surface area contributed by atoms with Crippen LogP contribution >= 0.6 is 11.6 Å². The smallest absolute Gasteiger partial charge is 0.222 e. The maximum absolute atomic E-state index is 13.9. The number of sulfone groups is 1. The number of nitriles is 1. The fourth-order valence-corrected chi connectivity index (χ4v) is 4.65. The maximum atomic E-state index is 13.9. The number of nitrogens with zero attached hydrogens (tertiary/aromatic N) is 3. The van der Waals surface area contributed by atoms with E-state index in [0.717, 1.165) is 6.20 Å². The van der Waals surface area contributed by atoms with Crippen molar-refractivity contribution in [3.05, 3.63) is 23.0 Å². The van der Waals surface area contributed by atoms with Gasteiger partial charge in [0, 0.05) is 0 Å². The first-order chi connectivity index (χ1) is 10.0. The second kappa shape index (κ2) is 5.41. The monoisotopic (exact) mass is 346 g/mol. The van der Waals surface area contributed by atoms with E-state index in [2.05, 4.69) is 9.97 Å². The molecule has 2 rings (SSSR count). The van der Waals surface area contributed by atoms with E-state index >= 15 is 0 Å². The van der Waals surface area contributed by atoms with E-state index in [1.54, 1.807) is 0 Å². The molecule has 0 aromatic carbocycles. The summed E-state index contributed by atoms with van der Waals surface area (Å²) in [4.78, 5) is 7.18. The fourth-order valence-electron chi connectivity index (χ4n) is 2.41. The van der Waals surface area contributed by atoms with E-state index in [1.165, 1.54) is 13.8 Å². The lowest BCUT2D eigenvalue weighted by molar-refractivity contribution is 0.463. The molecule has 1 fully saturated rings. The minimum atomic E-state index is -3.90. The Bertz CT molecular complexity index is 743. The molecule has 0 spiro atoms. The maximum Gasteiger partial charge on any atom is 0.222 e. The fraction of sp³-hybridized carbons (Fsp3) is 0.615. The summed E-state index contributed by atoms with van der Waals surface area (Å²) in [6.45, 7) is 2.73. The van der Waals surface area contributed by atoms with Gasteiger partial charge in [-0.3, -0.25) is 0 Å². The molecule has 1 aromatic heterocycles. The second-order valence-corrected chi connectivity index (χ2v) is 8.71. The summed E-state index contributed by atoms with van der Waals surface area (Å²) in [6, 6.07) is 1.88. The van der Waals surface area contributed by atoms with E-state index in [0.29, 0.717) is 12.8 Å². The van der Waals surface area contributed by atoms with Gasteiger partial charge in [0.25, 0.3) is 0 Å². The minimum Gasteiger partial charge on any atom is -0.319 e. The van der Waals surface area contributed by atoms with Gasteiger partial charge in [-0.05, 0) is 44.2 Å². The molecule has 9 heteroatoms. The van der Waals surface area contributed by atoms with E-state index in [1.807, 2.05) is 6.07 Å². The Morgan fingerprint density at radius 3 is 2.64 bits per heavy atom. The SMILES string of the molecule is CC(C#N)(C1CC1)S(=O)(=O)C[C@](C)(N)c1nc(Cl)ncc1F. The molecule has 1 unspecified atom stereocenters. The summed E-state index contributed by atoms with van der Waals surface area (Å²) in [5, 5.41) is 9.08. The van der Waals surface area contributed by atoms with Gasteiger partial charge >= 0.3 is 0 Å². The molecule has 1 saturated carbocycles. The van der Waals surface area contributed by atoms with Crippen LogP contribution in [0, 0.1) is 23.1 Å². The summed E-state index contributed by atoms with van der Waals surface area (Å²) in [6.07, 6.45) is 2.20. The Kier molecular flexibility index (Phi) is 4.19. The predicted octanol–water partition coefficient (Wildman–Crippen LogP) is 1.55. The van der Waals surface area contributed by atoms with Crippen molar-refractivity contribution < 1.29 is 12.8 Å². The van der Waals surface area contributed by atoms with Crippen molar-refractivity contribution in [2.24, 2.45) is 11.7 Å². The molecule has 0 radical (unpaired) electrons. The van der Waals surface area contributed by atoms with E-state index < -0.39 is 31.7 Å². The molecule has 0 bridgehead atoms. The molecular weight excluding hydrogens is 331 g/mol. The third-order valence-corrected chi connectivity index (χ3v) is 6.85. The van der Waals surface area contributed by atoms with Gasteiger partial charge in [-0.25, -0.2) is 22.8 Å². The summed E-state index contributed by atoms with van der Waals surface area (Å²) < 4.78 is 37.6. The summed E-state index contributed by atoms with van der Waals surface area (Å²) >= 11 is 5.63. The van der Waals surface area contributed by atoms with Crippen molar-refractivity contribution in [1.29, 1.82) is 5.26 Å². The van der Waals surface area contributed by atoms with Crippen molar-refractivity contribution >= 4 is 21.4 Å². The highest BCUT2D eigenvalue weighted by molar-refractivity contribution is 7.93. The van der Waals surface area contributed by atoms with E-state index in [9.17, 15) is 18.1 Å². The number of hydrogen-bond acceptors (Lipinski definition) is 6. The lowest BCUT2D eigenvalue weighted by atomic mass is 10.0. The lowest BCUT2D eigenvalue weighted by Crippen LogP contribution is -2.48. The minimum absolute atomic E-state index is 0.211. The summed E-state index contributed by atoms with van der Waals surface area (Å²) in [7, 11) is -3.90. The van der Waals surface area contributed by atoms with Crippen molar-refractivity contribution in [2.45, 2.75) is 37.0 Å².